The fraction of sp³-hybridized carbons (Fsp3) is 0.414. The van der Waals surface area contributed by atoms with Crippen molar-refractivity contribution < 1.29 is 38.1 Å². The van der Waals surface area contributed by atoms with Crippen molar-refractivity contribution >= 4 is 23.6 Å². The highest BCUT2D eigenvalue weighted by molar-refractivity contribution is 5.73. The SMILES string of the molecule is Cc1cc(Nc2cc(C(F)F)ccn2)nc(-c2ccc([C@](C)(O)[C@H]3CC[C@H](C(=O)OCOC(=O)CO)CC3)nc2)c1. The Labute approximate surface area is 235 Å². The van der Waals surface area contributed by atoms with Crippen LogP contribution in [0.15, 0.2) is 48.8 Å². The van der Waals surface area contributed by atoms with Gasteiger partial charge in [-0.15, -0.1) is 0 Å². The number of esters is 2. The molecular formula is C29H32F2N4O6. The van der Waals surface area contributed by atoms with E-state index >= 15 is 0 Å². The molecule has 3 N–H and O–H groups in total. The number of aryl methyl sites for hydroxylation is 1. The quantitative estimate of drug-likeness (QED) is 0.234. The minimum absolute atomic E-state index is 0.137. The van der Waals surface area contributed by atoms with Gasteiger partial charge in [-0.3, -0.25) is 9.78 Å². The number of aliphatic hydroxyl groups excluding tert-OH is 1. The minimum atomic E-state index is -2.61. The molecule has 218 valence electrons. The maximum absolute atomic E-state index is 13.1. The van der Waals surface area contributed by atoms with Gasteiger partial charge in [-0.2, -0.15) is 0 Å². The number of halogens is 2. The number of nitrogens with one attached hydrogen (secondary N) is 1. The van der Waals surface area contributed by atoms with Crippen LogP contribution < -0.4 is 5.32 Å². The third-order valence-corrected chi connectivity index (χ3v) is 7.25. The number of hydrogen-bond acceptors (Lipinski definition) is 10. The van der Waals surface area contributed by atoms with Gasteiger partial charge in [-0.05, 0) is 87.4 Å². The first kappa shape index (κ1) is 29.9. The topological polar surface area (TPSA) is 144 Å². The fourth-order valence-corrected chi connectivity index (χ4v) is 4.92. The first-order valence-corrected chi connectivity index (χ1v) is 13.2. The molecule has 0 radical (unpaired) electrons. The van der Waals surface area contributed by atoms with Gasteiger partial charge in [0.15, 0.2) is 0 Å². The molecule has 0 amide bonds. The molecule has 1 aliphatic carbocycles. The van der Waals surface area contributed by atoms with E-state index in [-0.39, 0.29) is 23.2 Å². The normalized spacial score (nSPS) is 18.4. The van der Waals surface area contributed by atoms with E-state index in [0.29, 0.717) is 48.5 Å². The number of aromatic nitrogens is 3. The highest BCUT2D eigenvalue weighted by Gasteiger charge is 2.39. The van der Waals surface area contributed by atoms with Gasteiger partial charge in [-0.1, -0.05) is 0 Å². The smallest absolute Gasteiger partial charge is 0.334 e. The van der Waals surface area contributed by atoms with Gasteiger partial charge in [0.2, 0.25) is 6.79 Å². The molecule has 1 saturated carbocycles. The van der Waals surface area contributed by atoms with Gasteiger partial charge >= 0.3 is 11.9 Å². The average molecular weight is 571 g/mol. The molecule has 4 rings (SSSR count). The lowest BCUT2D eigenvalue weighted by Crippen LogP contribution is -2.37. The number of ether oxygens (including phenoxy) is 2. The lowest BCUT2D eigenvalue weighted by atomic mass is 9.73. The van der Waals surface area contributed by atoms with E-state index in [0.717, 1.165) is 5.56 Å². The molecule has 41 heavy (non-hydrogen) atoms. The fourth-order valence-electron chi connectivity index (χ4n) is 4.92. The van der Waals surface area contributed by atoms with Crippen LogP contribution in [-0.4, -0.2) is 50.5 Å². The van der Waals surface area contributed by atoms with E-state index in [1.807, 2.05) is 19.1 Å². The van der Waals surface area contributed by atoms with Crippen LogP contribution in [0, 0.1) is 18.8 Å². The Kier molecular flexibility index (Phi) is 9.56. The number of carbonyl (C=O) groups is 2. The molecule has 1 atom stereocenters. The zero-order valence-electron chi connectivity index (χ0n) is 22.7. The van der Waals surface area contributed by atoms with E-state index in [1.54, 1.807) is 25.3 Å². The van der Waals surface area contributed by atoms with E-state index in [4.69, 9.17) is 9.84 Å². The lowest BCUT2D eigenvalue weighted by Gasteiger charge is -2.37. The van der Waals surface area contributed by atoms with E-state index in [2.05, 4.69) is 25.0 Å². The Morgan fingerprint density at radius 3 is 2.49 bits per heavy atom. The molecule has 3 aromatic heterocycles. The summed E-state index contributed by atoms with van der Waals surface area (Å²) in [6.07, 6.45) is 2.48. The Hall–Kier alpha value is -4.03. The van der Waals surface area contributed by atoms with E-state index < -0.39 is 37.4 Å². The van der Waals surface area contributed by atoms with Crippen LogP contribution in [0.2, 0.25) is 0 Å². The Morgan fingerprint density at radius 2 is 1.83 bits per heavy atom. The van der Waals surface area contributed by atoms with Crippen molar-refractivity contribution in [2.24, 2.45) is 11.8 Å². The van der Waals surface area contributed by atoms with E-state index in [9.17, 15) is 23.5 Å². The molecule has 0 spiro atoms. The lowest BCUT2D eigenvalue weighted by molar-refractivity contribution is -0.173. The molecule has 3 aromatic rings. The predicted molar refractivity (Wildman–Crippen MR) is 144 cm³/mol. The molecule has 10 nitrogen and oxygen atoms in total. The molecule has 12 heteroatoms. The van der Waals surface area contributed by atoms with Gasteiger partial charge in [0.05, 0.1) is 17.3 Å². The number of hydrogen-bond donors (Lipinski definition) is 3. The van der Waals surface area contributed by atoms with Gasteiger partial charge in [0.1, 0.15) is 23.8 Å². The van der Waals surface area contributed by atoms with Crippen LogP contribution in [0.25, 0.3) is 11.3 Å². The first-order chi connectivity index (χ1) is 19.6. The van der Waals surface area contributed by atoms with Crippen molar-refractivity contribution in [3.8, 4) is 11.3 Å². The van der Waals surface area contributed by atoms with Crippen molar-refractivity contribution in [3.63, 3.8) is 0 Å². The van der Waals surface area contributed by atoms with Crippen molar-refractivity contribution in [2.45, 2.75) is 51.6 Å². The van der Waals surface area contributed by atoms with Gasteiger partial charge in [-0.25, -0.2) is 23.5 Å². The second kappa shape index (κ2) is 13.1. The summed E-state index contributed by atoms with van der Waals surface area (Å²) in [4.78, 5) is 36.4. The largest absolute Gasteiger partial charge is 0.428 e. The zero-order valence-corrected chi connectivity index (χ0v) is 22.7. The number of aliphatic hydroxyl groups is 2. The molecule has 0 aromatic carbocycles. The monoisotopic (exact) mass is 570 g/mol. The summed E-state index contributed by atoms with van der Waals surface area (Å²) in [7, 11) is 0. The van der Waals surface area contributed by atoms with Crippen LogP contribution >= 0.6 is 0 Å². The number of nitrogens with zero attached hydrogens (tertiary/aromatic N) is 3. The standard InChI is InChI=1S/C29H32F2N4O6/c1-17-11-22(34-25(12-17)35-24-13-19(27(30)31)9-10-32-24)20-5-8-23(33-14-20)29(2,39)21-6-3-18(4-7-21)28(38)41-16-40-26(37)15-36/h5,8-14,18,21,27,36,39H,3-4,6-7,15-16H2,1-2H3,(H,32,34,35)/t18-,21-,29-/m1/s1. The molecule has 0 unspecified atom stereocenters. The zero-order chi connectivity index (χ0) is 29.6. The predicted octanol–water partition coefficient (Wildman–Crippen LogP) is 4.58. The van der Waals surface area contributed by atoms with E-state index in [1.165, 1.54) is 18.3 Å². The number of rotatable bonds is 10. The summed E-state index contributed by atoms with van der Waals surface area (Å²) >= 11 is 0. The number of alkyl halides is 2. The highest BCUT2D eigenvalue weighted by Crippen LogP contribution is 2.41. The Morgan fingerprint density at radius 1 is 1.07 bits per heavy atom. The molecule has 0 saturated heterocycles. The summed E-state index contributed by atoms with van der Waals surface area (Å²) in [6, 6.07) is 9.74. The number of anilines is 2. The summed E-state index contributed by atoms with van der Waals surface area (Å²) in [5.74, 6) is -1.16. The van der Waals surface area contributed by atoms with Crippen molar-refractivity contribution in [3.05, 3.63) is 65.6 Å². The highest BCUT2D eigenvalue weighted by atomic mass is 19.3. The van der Waals surface area contributed by atoms with Crippen molar-refractivity contribution in [1.29, 1.82) is 0 Å². The van der Waals surface area contributed by atoms with Gasteiger partial charge in [0, 0.05) is 23.5 Å². The number of pyridine rings is 3. The van der Waals surface area contributed by atoms with Gasteiger partial charge in [0.25, 0.3) is 6.43 Å². The van der Waals surface area contributed by atoms with Crippen LogP contribution in [0.3, 0.4) is 0 Å². The third kappa shape index (κ3) is 7.59. The minimum Gasteiger partial charge on any atom is -0.428 e. The Balaban J connectivity index is 1.39. The molecule has 0 bridgehead atoms. The molecular weight excluding hydrogens is 538 g/mol. The van der Waals surface area contributed by atoms with Crippen LogP contribution in [-0.2, 0) is 24.7 Å². The number of carbonyl (C=O) groups excluding carboxylic acids is 2. The molecule has 3 heterocycles. The third-order valence-electron chi connectivity index (χ3n) is 7.25. The summed E-state index contributed by atoms with van der Waals surface area (Å²) in [6.45, 7) is 2.27. The molecule has 0 aliphatic heterocycles. The average Bonchev–Trinajstić information content (AvgIpc) is 2.97. The van der Waals surface area contributed by atoms with Crippen LogP contribution in [0.5, 0.6) is 0 Å². The van der Waals surface area contributed by atoms with Crippen molar-refractivity contribution in [1.82, 2.24) is 15.0 Å². The second-order valence-corrected chi connectivity index (χ2v) is 10.2. The van der Waals surface area contributed by atoms with Crippen LogP contribution in [0.1, 0.15) is 55.9 Å². The maximum atomic E-state index is 13.1. The molecule has 1 aliphatic rings. The summed E-state index contributed by atoms with van der Waals surface area (Å²) < 4.78 is 35.6. The Bertz CT molecular complexity index is 1360. The van der Waals surface area contributed by atoms with Crippen molar-refractivity contribution in [2.75, 3.05) is 18.7 Å². The first-order valence-electron chi connectivity index (χ1n) is 13.2. The van der Waals surface area contributed by atoms with Gasteiger partial charge < -0.3 is 25.0 Å². The second-order valence-electron chi connectivity index (χ2n) is 10.2. The van der Waals surface area contributed by atoms with Crippen LogP contribution in [0.4, 0.5) is 20.4 Å². The summed E-state index contributed by atoms with van der Waals surface area (Å²) in [5.41, 5.74) is 1.32. The molecule has 1 fully saturated rings. The summed E-state index contributed by atoms with van der Waals surface area (Å²) in [5, 5.41) is 23.0. The maximum Gasteiger partial charge on any atom is 0.334 e.